The van der Waals surface area contributed by atoms with Crippen LogP contribution in [0.3, 0.4) is 0 Å². The van der Waals surface area contributed by atoms with E-state index in [0.717, 1.165) is 19.6 Å². The molecule has 0 saturated heterocycles. The van der Waals surface area contributed by atoms with Crippen LogP contribution in [-0.2, 0) is 0 Å². The molecule has 0 fully saturated rings. The molecular weight excluding hydrogens is 331 g/mol. The van der Waals surface area contributed by atoms with E-state index in [1.165, 1.54) is 0 Å². The standard InChI is InChI=1S/C17H14O3Se/c1-19-14-8-7-11(9-15(14)20-2)17-10-13(18)12-5-3-4-6-16(12)21-17/h3-10H,1-2H3. The van der Waals surface area contributed by atoms with E-state index in [9.17, 15) is 4.79 Å². The van der Waals surface area contributed by atoms with E-state index in [1.54, 1.807) is 20.3 Å². The Morgan fingerprint density at radius 3 is 2.43 bits per heavy atom. The fraction of sp³-hybridized carbons (Fsp3) is 0.118. The summed E-state index contributed by atoms with van der Waals surface area (Å²) in [6.07, 6.45) is 0. The molecule has 0 amide bonds. The molecule has 0 unspecified atom stereocenters. The summed E-state index contributed by atoms with van der Waals surface area (Å²) in [6, 6.07) is 15.3. The summed E-state index contributed by atoms with van der Waals surface area (Å²) in [5, 5.41) is 0.821. The quantitative estimate of drug-likeness (QED) is 0.685. The first kappa shape index (κ1) is 13.9. The second-order valence-electron chi connectivity index (χ2n) is 4.54. The average molecular weight is 345 g/mol. The van der Waals surface area contributed by atoms with Gasteiger partial charge in [-0.15, -0.1) is 0 Å². The maximum absolute atomic E-state index is 12.2. The van der Waals surface area contributed by atoms with Crippen molar-refractivity contribution in [1.29, 1.82) is 0 Å². The van der Waals surface area contributed by atoms with Gasteiger partial charge in [0.25, 0.3) is 0 Å². The zero-order valence-corrected chi connectivity index (χ0v) is 13.5. The van der Waals surface area contributed by atoms with Crippen LogP contribution in [0.5, 0.6) is 11.5 Å². The van der Waals surface area contributed by atoms with Crippen molar-refractivity contribution in [1.82, 2.24) is 0 Å². The van der Waals surface area contributed by atoms with Gasteiger partial charge in [-0.1, -0.05) is 0 Å². The van der Waals surface area contributed by atoms with Gasteiger partial charge in [-0.25, -0.2) is 0 Å². The van der Waals surface area contributed by atoms with Crippen LogP contribution in [-0.4, -0.2) is 28.7 Å². The summed E-state index contributed by atoms with van der Waals surface area (Å²) in [5.41, 5.74) is 1.08. The van der Waals surface area contributed by atoms with Crippen molar-refractivity contribution in [2.45, 2.75) is 0 Å². The van der Waals surface area contributed by atoms with Gasteiger partial charge in [0.15, 0.2) is 0 Å². The molecular formula is C17H14O3Se. The summed E-state index contributed by atoms with van der Waals surface area (Å²) in [4.78, 5) is 12.2. The van der Waals surface area contributed by atoms with Crippen LogP contribution in [0.25, 0.3) is 19.6 Å². The Kier molecular flexibility index (Phi) is 3.82. The number of hydrogen-bond donors (Lipinski definition) is 0. The van der Waals surface area contributed by atoms with Crippen molar-refractivity contribution in [3.63, 3.8) is 0 Å². The molecule has 4 heteroatoms. The van der Waals surface area contributed by atoms with Crippen molar-refractivity contribution in [3.05, 3.63) is 58.8 Å². The third kappa shape index (κ3) is 2.60. The number of fused-ring (bicyclic) bond motifs is 1. The first-order valence-electron chi connectivity index (χ1n) is 6.48. The van der Waals surface area contributed by atoms with Crippen LogP contribution in [0.1, 0.15) is 0 Å². The number of hydrogen-bond acceptors (Lipinski definition) is 3. The Balaban J connectivity index is 2.18. The van der Waals surface area contributed by atoms with Gasteiger partial charge in [-0.3, -0.25) is 0 Å². The molecule has 106 valence electrons. The molecule has 0 spiro atoms. The van der Waals surface area contributed by atoms with E-state index >= 15 is 0 Å². The van der Waals surface area contributed by atoms with E-state index in [-0.39, 0.29) is 19.9 Å². The topological polar surface area (TPSA) is 35.5 Å². The summed E-state index contributed by atoms with van der Waals surface area (Å²) in [6.45, 7) is 0. The number of methoxy groups -OCH3 is 2. The minimum absolute atomic E-state index is 0.0727. The molecule has 3 rings (SSSR count). The van der Waals surface area contributed by atoms with Crippen LogP contribution < -0.4 is 14.9 Å². The Hall–Kier alpha value is -2.03. The predicted octanol–water partition coefficient (Wildman–Crippen LogP) is 2.94. The van der Waals surface area contributed by atoms with Gasteiger partial charge in [0, 0.05) is 0 Å². The zero-order valence-electron chi connectivity index (χ0n) is 11.8. The first-order valence-corrected chi connectivity index (χ1v) is 8.19. The summed E-state index contributed by atoms with van der Waals surface area (Å²) in [5.74, 6) is 1.37. The molecule has 1 aromatic heterocycles. The van der Waals surface area contributed by atoms with E-state index in [0.29, 0.717) is 11.5 Å². The van der Waals surface area contributed by atoms with Crippen molar-refractivity contribution in [3.8, 4) is 21.5 Å². The van der Waals surface area contributed by atoms with E-state index in [1.807, 2.05) is 42.5 Å². The fourth-order valence-corrected chi connectivity index (χ4v) is 4.49. The minimum atomic E-state index is 0.0727. The van der Waals surface area contributed by atoms with Gasteiger partial charge in [0.2, 0.25) is 0 Å². The molecule has 1 heterocycles. The molecule has 0 saturated carbocycles. The molecule has 0 aliphatic carbocycles. The zero-order chi connectivity index (χ0) is 14.8. The normalized spacial score (nSPS) is 10.6. The molecule has 0 aliphatic heterocycles. The van der Waals surface area contributed by atoms with Crippen LogP contribution >= 0.6 is 0 Å². The van der Waals surface area contributed by atoms with E-state index < -0.39 is 0 Å². The first-order chi connectivity index (χ1) is 10.2. The van der Waals surface area contributed by atoms with Crippen LogP contribution in [0.2, 0.25) is 0 Å². The second kappa shape index (κ2) is 5.76. The van der Waals surface area contributed by atoms with Gasteiger partial charge in [-0.2, -0.15) is 0 Å². The van der Waals surface area contributed by atoms with Crippen molar-refractivity contribution >= 4 is 24.1 Å². The molecule has 21 heavy (non-hydrogen) atoms. The molecule has 0 radical (unpaired) electrons. The van der Waals surface area contributed by atoms with Gasteiger partial charge < -0.3 is 0 Å². The number of benzene rings is 2. The number of rotatable bonds is 3. The Morgan fingerprint density at radius 2 is 1.67 bits per heavy atom. The molecule has 0 aliphatic rings. The monoisotopic (exact) mass is 346 g/mol. The van der Waals surface area contributed by atoms with E-state index in [4.69, 9.17) is 9.47 Å². The van der Waals surface area contributed by atoms with Crippen LogP contribution in [0.15, 0.2) is 53.3 Å². The van der Waals surface area contributed by atoms with Gasteiger partial charge in [-0.05, 0) is 0 Å². The van der Waals surface area contributed by atoms with Gasteiger partial charge >= 0.3 is 128 Å². The molecule has 3 aromatic rings. The van der Waals surface area contributed by atoms with Crippen LogP contribution in [0, 0.1) is 0 Å². The average Bonchev–Trinajstić information content (AvgIpc) is 2.54. The predicted molar refractivity (Wildman–Crippen MR) is 85.7 cm³/mol. The SMILES string of the molecule is COc1ccc(-c2cc(=O)c3ccccc3[se]2)cc1OC. The Labute approximate surface area is 128 Å². The molecule has 0 atom stereocenters. The molecule has 2 aromatic carbocycles. The third-order valence-electron chi connectivity index (χ3n) is 3.30. The van der Waals surface area contributed by atoms with Crippen molar-refractivity contribution in [2.24, 2.45) is 0 Å². The van der Waals surface area contributed by atoms with Crippen molar-refractivity contribution < 1.29 is 9.47 Å². The van der Waals surface area contributed by atoms with E-state index in [2.05, 4.69) is 0 Å². The maximum atomic E-state index is 12.2. The van der Waals surface area contributed by atoms with Gasteiger partial charge in [0.1, 0.15) is 0 Å². The second-order valence-corrected chi connectivity index (χ2v) is 6.81. The summed E-state index contributed by atoms with van der Waals surface area (Å²) in [7, 11) is 3.23. The van der Waals surface area contributed by atoms with Crippen molar-refractivity contribution in [2.75, 3.05) is 14.2 Å². The third-order valence-corrected chi connectivity index (χ3v) is 5.71. The van der Waals surface area contributed by atoms with Crippen LogP contribution in [0.4, 0.5) is 0 Å². The van der Waals surface area contributed by atoms with Gasteiger partial charge in [0.05, 0.1) is 0 Å². The summed E-state index contributed by atoms with van der Waals surface area (Å²) < 4.78 is 12.8. The molecule has 0 N–H and O–H groups in total. The number of ether oxygens (including phenoxy) is 2. The fourth-order valence-electron chi connectivity index (χ4n) is 2.24. The Morgan fingerprint density at radius 1 is 0.905 bits per heavy atom. The Bertz CT molecular complexity index is 852. The molecule has 3 nitrogen and oxygen atoms in total. The summed E-state index contributed by atoms with van der Waals surface area (Å²) >= 11 is 0.115. The molecule has 0 bridgehead atoms.